The summed E-state index contributed by atoms with van der Waals surface area (Å²) >= 11 is 6.46. The Morgan fingerprint density at radius 1 is 1.03 bits per heavy atom. The van der Waals surface area contributed by atoms with Gasteiger partial charge in [0.05, 0.1) is 5.69 Å². The normalized spacial score (nSPS) is 26.8. The highest BCUT2D eigenvalue weighted by molar-refractivity contribution is 6.31. The van der Waals surface area contributed by atoms with Crippen LogP contribution in [0.25, 0.3) is 22.3 Å². The number of pyridine rings is 2. The summed E-state index contributed by atoms with van der Waals surface area (Å²) < 4.78 is 0. The zero-order valence-electron chi connectivity index (χ0n) is 18.0. The van der Waals surface area contributed by atoms with Crippen LogP contribution in [0.2, 0.25) is 5.02 Å². The standard InChI is InChI=1S/C25H32ClN5/c26-18-13-23(22-15-29-25-21(22)2-1-11-28-25)31-24(14-18)30-20-9-5-17(6-10-20)12-16-3-7-19(27)8-4-16/h1-2,11,13-17,19-20H,3-10,12,27H2,(H,28,29)(H,30,31). The van der Waals surface area contributed by atoms with E-state index in [1.807, 2.05) is 24.4 Å². The van der Waals surface area contributed by atoms with Crippen molar-refractivity contribution in [3.63, 3.8) is 0 Å². The molecule has 0 radical (unpaired) electrons. The summed E-state index contributed by atoms with van der Waals surface area (Å²) in [6, 6.07) is 8.80. The Balaban J connectivity index is 1.21. The van der Waals surface area contributed by atoms with Crippen molar-refractivity contribution in [3.8, 4) is 11.3 Å². The number of nitrogens with two attached hydrogens (primary N) is 1. The van der Waals surface area contributed by atoms with Gasteiger partial charge in [-0.15, -0.1) is 0 Å². The molecular formula is C25H32ClN5. The molecule has 0 saturated heterocycles. The third-order valence-electron chi connectivity index (χ3n) is 7.27. The highest BCUT2D eigenvalue weighted by atomic mass is 35.5. The Morgan fingerprint density at radius 3 is 2.55 bits per heavy atom. The van der Waals surface area contributed by atoms with E-state index < -0.39 is 0 Å². The van der Waals surface area contributed by atoms with Gasteiger partial charge in [-0.1, -0.05) is 11.6 Å². The zero-order chi connectivity index (χ0) is 21.2. The van der Waals surface area contributed by atoms with Crippen LogP contribution in [0.1, 0.15) is 57.8 Å². The number of rotatable bonds is 5. The second-order valence-electron chi connectivity index (χ2n) is 9.54. The fourth-order valence-corrected chi connectivity index (χ4v) is 5.73. The molecule has 0 aromatic carbocycles. The number of aromatic amines is 1. The van der Waals surface area contributed by atoms with E-state index in [-0.39, 0.29) is 0 Å². The highest BCUT2D eigenvalue weighted by Crippen LogP contribution is 2.36. The molecule has 5 rings (SSSR count). The average molecular weight is 438 g/mol. The number of nitrogens with zero attached hydrogens (tertiary/aromatic N) is 2. The van der Waals surface area contributed by atoms with E-state index in [0.29, 0.717) is 17.1 Å². The van der Waals surface area contributed by atoms with Gasteiger partial charge < -0.3 is 16.0 Å². The lowest BCUT2D eigenvalue weighted by atomic mass is 9.76. The molecule has 2 saturated carbocycles. The van der Waals surface area contributed by atoms with Gasteiger partial charge >= 0.3 is 0 Å². The molecule has 31 heavy (non-hydrogen) atoms. The van der Waals surface area contributed by atoms with E-state index in [2.05, 4.69) is 21.4 Å². The summed E-state index contributed by atoms with van der Waals surface area (Å²) in [5.41, 5.74) is 8.85. The van der Waals surface area contributed by atoms with Gasteiger partial charge in [0.25, 0.3) is 0 Å². The molecule has 0 bridgehead atoms. The lowest BCUT2D eigenvalue weighted by Gasteiger charge is -2.33. The molecule has 3 heterocycles. The quantitative estimate of drug-likeness (QED) is 0.446. The minimum atomic E-state index is 0.451. The molecule has 0 atom stereocenters. The highest BCUT2D eigenvalue weighted by Gasteiger charge is 2.26. The molecule has 6 heteroatoms. The van der Waals surface area contributed by atoms with Crippen LogP contribution in [0, 0.1) is 11.8 Å². The molecule has 164 valence electrons. The molecule has 2 aliphatic carbocycles. The van der Waals surface area contributed by atoms with Gasteiger partial charge in [0.2, 0.25) is 0 Å². The van der Waals surface area contributed by atoms with Gasteiger partial charge in [-0.3, -0.25) is 0 Å². The topological polar surface area (TPSA) is 79.6 Å². The van der Waals surface area contributed by atoms with Crippen LogP contribution >= 0.6 is 11.6 Å². The Morgan fingerprint density at radius 2 is 1.77 bits per heavy atom. The van der Waals surface area contributed by atoms with Crippen LogP contribution in [0.15, 0.2) is 36.7 Å². The Bertz CT molecular complexity index is 1020. The Hall–Kier alpha value is -2.11. The van der Waals surface area contributed by atoms with Gasteiger partial charge in [0.15, 0.2) is 0 Å². The van der Waals surface area contributed by atoms with E-state index in [9.17, 15) is 0 Å². The molecule has 0 spiro atoms. The lowest BCUT2D eigenvalue weighted by Crippen LogP contribution is -2.30. The van der Waals surface area contributed by atoms with Gasteiger partial charge in [-0.2, -0.15) is 0 Å². The SMILES string of the molecule is NC1CCC(CC2CCC(Nc3cc(Cl)cc(-c4c[nH]c5ncccc45)n3)CC2)CC1. The largest absolute Gasteiger partial charge is 0.367 e. The molecule has 2 fully saturated rings. The average Bonchev–Trinajstić information content (AvgIpc) is 3.21. The first-order valence-corrected chi connectivity index (χ1v) is 12.1. The first kappa shape index (κ1) is 20.8. The van der Waals surface area contributed by atoms with E-state index in [4.69, 9.17) is 22.3 Å². The molecular weight excluding hydrogens is 406 g/mol. The molecule has 0 unspecified atom stereocenters. The smallest absolute Gasteiger partial charge is 0.137 e. The number of hydrogen-bond donors (Lipinski definition) is 3. The summed E-state index contributed by atoms with van der Waals surface area (Å²) in [5.74, 6) is 2.64. The van der Waals surface area contributed by atoms with Crippen molar-refractivity contribution in [2.24, 2.45) is 17.6 Å². The molecule has 4 N–H and O–H groups in total. The summed E-state index contributed by atoms with van der Waals surface area (Å²) in [4.78, 5) is 12.5. The van der Waals surface area contributed by atoms with E-state index >= 15 is 0 Å². The lowest BCUT2D eigenvalue weighted by molar-refractivity contribution is 0.229. The van der Waals surface area contributed by atoms with E-state index in [0.717, 1.165) is 39.9 Å². The Labute approximate surface area is 189 Å². The van der Waals surface area contributed by atoms with E-state index in [1.165, 1.54) is 57.8 Å². The van der Waals surface area contributed by atoms with E-state index in [1.54, 1.807) is 6.20 Å². The third kappa shape index (κ3) is 4.88. The maximum Gasteiger partial charge on any atom is 0.137 e. The van der Waals surface area contributed by atoms with Crippen molar-refractivity contribution in [1.29, 1.82) is 0 Å². The third-order valence-corrected chi connectivity index (χ3v) is 7.49. The molecule has 0 amide bonds. The summed E-state index contributed by atoms with van der Waals surface area (Å²) in [7, 11) is 0. The molecule has 0 aliphatic heterocycles. The number of hydrogen-bond acceptors (Lipinski definition) is 4. The second-order valence-corrected chi connectivity index (χ2v) is 9.97. The number of anilines is 1. The predicted molar refractivity (Wildman–Crippen MR) is 128 cm³/mol. The minimum Gasteiger partial charge on any atom is -0.367 e. The number of halogens is 1. The summed E-state index contributed by atoms with van der Waals surface area (Å²) in [6.45, 7) is 0. The van der Waals surface area contributed by atoms with Crippen LogP contribution in [0.4, 0.5) is 5.82 Å². The maximum atomic E-state index is 6.46. The fourth-order valence-electron chi connectivity index (χ4n) is 5.52. The van der Waals surface area contributed by atoms with Gasteiger partial charge in [-0.05, 0) is 93.9 Å². The van der Waals surface area contributed by atoms with Crippen molar-refractivity contribution in [3.05, 3.63) is 41.7 Å². The van der Waals surface area contributed by atoms with Crippen LogP contribution in [0.3, 0.4) is 0 Å². The van der Waals surface area contributed by atoms with Crippen LogP contribution < -0.4 is 11.1 Å². The number of nitrogens with one attached hydrogen (secondary N) is 2. The molecule has 5 nitrogen and oxygen atoms in total. The molecule has 2 aliphatic rings. The van der Waals surface area contributed by atoms with Crippen LogP contribution in [-0.2, 0) is 0 Å². The van der Waals surface area contributed by atoms with Crippen molar-refractivity contribution in [1.82, 2.24) is 15.0 Å². The van der Waals surface area contributed by atoms with Crippen molar-refractivity contribution < 1.29 is 0 Å². The zero-order valence-corrected chi connectivity index (χ0v) is 18.7. The minimum absolute atomic E-state index is 0.451. The van der Waals surface area contributed by atoms with Gasteiger partial charge in [0, 0.05) is 40.4 Å². The second kappa shape index (κ2) is 9.17. The number of fused-ring (bicyclic) bond motifs is 1. The number of H-pyrrole nitrogens is 1. The monoisotopic (exact) mass is 437 g/mol. The molecule has 3 aromatic heterocycles. The van der Waals surface area contributed by atoms with Gasteiger partial charge in [-0.25, -0.2) is 9.97 Å². The summed E-state index contributed by atoms with van der Waals surface area (Å²) in [6.07, 6.45) is 15.3. The first-order chi connectivity index (χ1) is 15.1. The first-order valence-electron chi connectivity index (χ1n) is 11.8. The van der Waals surface area contributed by atoms with Gasteiger partial charge in [0.1, 0.15) is 11.5 Å². The maximum absolute atomic E-state index is 6.46. The van der Waals surface area contributed by atoms with Crippen LogP contribution in [0.5, 0.6) is 0 Å². The predicted octanol–water partition coefficient (Wildman–Crippen LogP) is 6.16. The molecule has 3 aromatic rings. The van der Waals surface area contributed by atoms with Crippen molar-refractivity contribution >= 4 is 28.5 Å². The summed E-state index contributed by atoms with van der Waals surface area (Å²) in [5, 5.41) is 5.43. The fraction of sp³-hybridized carbons (Fsp3) is 0.520. The Kier molecular flexibility index (Phi) is 6.15. The van der Waals surface area contributed by atoms with Crippen molar-refractivity contribution in [2.75, 3.05) is 5.32 Å². The number of aromatic nitrogens is 3. The van der Waals surface area contributed by atoms with Crippen LogP contribution in [-0.4, -0.2) is 27.0 Å². The van der Waals surface area contributed by atoms with Crippen molar-refractivity contribution in [2.45, 2.75) is 69.9 Å².